The van der Waals surface area contributed by atoms with E-state index >= 15 is 0 Å². The maximum atomic E-state index is 12.4. The summed E-state index contributed by atoms with van der Waals surface area (Å²) in [5.74, 6) is -0.0671. The number of hydrogen-bond donors (Lipinski definition) is 3. The van der Waals surface area contributed by atoms with Gasteiger partial charge >= 0.3 is 0 Å². The number of nitrogens with two attached hydrogens (primary N) is 1. The predicted octanol–water partition coefficient (Wildman–Crippen LogP) is 1.98. The Morgan fingerprint density at radius 2 is 1.67 bits per heavy atom. The molecule has 2 amide bonds. The van der Waals surface area contributed by atoms with Crippen LogP contribution in [-0.2, 0) is 11.3 Å². The van der Waals surface area contributed by atoms with Gasteiger partial charge in [0.2, 0.25) is 5.91 Å². The average molecular weight is 366 g/mol. The summed E-state index contributed by atoms with van der Waals surface area (Å²) in [6.07, 6.45) is 1.68. The molecule has 1 fully saturated rings. The molecule has 0 saturated carbocycles. The zero-order chi connectivity index (χ0) is 19.1. The van der Waals surface area contributed by atoms with E-state index in [1.807, 2.05) is 42.5 Å². The van der Waals surface area contributed by atoms with E-state index in [4.69, 9.17) is 5.73 Å². The first-order valence-electron chi connectivity index (χ1n) is 9.31. The summed E-state index contributed by atoms with van der Waals surface area (Å²) in [6, 6.07) is 17.0. The second-order valence-corrected chi connectivity index (χ2v) is 6.84. The Morgan fingerprint density at radius 3 is 2.30 bits per heavy atom. The second-order valence-electron chi connectivity index (χ2n) is 6.84. The summed E-state index contributed by atoms with van der Waals surface area (Å²) in [5.41, 5.74) is 8.05. The minimum atomic E-state index is -0.0566. The highest BCUT2D eigenvalue weighted by molar-refractivity contribution is 5.94. The molecule has 0 aliphatic carbocycles. The minimum Gasteiger partial charge on any atom is -0.349 e. The van der Waals surface area contributed by atoms with Gasteiger partial charge in [-0.25, -0.2) is 0 Å². The Hall–Kier alpha value is -2.70. The van der Waals surface area contributed by atoms with Crippen molar-refractivity contribution in [1.29, 1.82) is 0 Å². The lowest BCUT2D eigenvalue weighted by Crippen LogP contribution is -2.46. The van der Waals surface area contributed by atoms with Crippen molar-refractivity contribution in [3.8, 4) is 0 Å². The van der Waals surface area contributed by atoms with Crippen molar-refractivity contribution in [2.24, 2.45) is 5.73 Å². The molecule has 2 aromatic rings. The van der Waals surface area contributed by atoms with Gasteiger partial charge in [-0.2, -0.15) is 0 Å². The number of carbonyl (C=O) groups is 2. The maximum absolute atomic E-state index is 12.4. The number of amides is 2. The molecule has 4 N–H and O–H groups in total. The Balaban J connectivity index is 1.41. The highest BCUT2D eigenvalue weighted by Gasteiger charge is 2.22. The zero-order valence-electron chi connectivity index (χ0n) is 15.4. The van der Waals surface area contributed by atoms with Gasteiger partial charge in [-0.05, 0) is 42.7 Å². The van der Waals surface area contributed by atoms with Crippen molar-refractivity contribution in [1.82, 2.24) is 10.2 Å². The lowest BCUT2D eigenvalue weighted by molar-refractivity contribution is -0.117. The number of hydrogen-bond acceptors (Lipinski definition) is 4. The van der Waals surface area contributed by atoms with E-state index in [1.165, 1.54) is 0 Å². The van der Waals surface area contributed by atoms with Gasteiger partial charge in [0.15, 0.2) is 0 Å². The van der Waals surface area contributed by atoms with Crippen LogP contribution in [-0.4, -0.2) is 42.4 Å². The number of para-hydroxylation sites is 1. The first kappa shape index (κ1) is 19.1. The number of nitrogens with one attached hydrogen (secondary N) is 2. The molecule has 0 radical (unpaired) electrons. The summed E-state index contributed by atoms with van der Waals surface area (Å²) in [5, 5.41) is 5.99. The first-order chi connectivity index (χ1) is 13.1. The molecular formula is C21H26N4O2. The van der Waals surface area contributed by atoms with Crippen LogP contribution in [0.25, 0.3) is 0 Å². The first-order valence-corrected chi connectivity index (χ1v) is 9.31. The van der Waals surface area contributed by atoms with Crippen LogP contribution in [0, 0.1) is 0 Å². The summed E-state index contributed by atoms with van der Waals surface area (Å²) in [7, 11) is 0. The number of likely N-dealkylation sites (tertiary alicyclic amines) is 1. The molecule has 6 heteroatoms. The van der Waals surface area contributed by atoms with E-state index in [9.17, 15) is 9.59 Å². The fraction of sp³-hybridized carbons (Fsp3) is 0.333. The normalized spacial score (nSPS) is 15.3. The van der Waals surface area contributed by atoms with E-state index in [-0.39, 0.29) is 17.9 Å². The van der Waals surface area contributed by atoms with E-state index < -0.39 is 0 Å². The van der Waals surface area contributed by atoms with Crippen molar-refractivity contribution < 1.29 is 9.59 Å². The molecule has 0 bridgehead atoms. The minimum absolute atomic E-state index is 0.0105. The molecule has 0 atom stereocenters. The van der Waals surface area contributed by atoms with Crippen LogP contribution in [0.4, 0.5) is 5.69 Å². The van der Waals surface area contributed by atoms with Gasteiger partial charge in [0.1, 0.15) is 0 Å². The average Bonchev–Trinajstić information content (AvgIpc) is 2.70. The van der Waals surface area contributed by atoms with Gasteiger partial charge < -0.3 is 16.4 Å². The number of nitrogens with zero attached hydrogens (tertiary/aromatic N) is 1. The molecule has 27 heavy (non-hydrogen) atoms. The van der Waals surface area contributed by atoms with Crippen LogP contribution in [0.2, 0.25) is 0 Å². The number of benzene rings is 2. The van der Waals surface area contributed by atoms with Gasteiger partial charge in [-0.15, -0.1) is 0 Å². The molecule has 1 saturated heterocycles. The van der Waals surface area contributed by atoms with E-state index in [1.54, 1.807) is 12.1 Å². The Labute approximate surface area is 159 Å². The topological polar surface area (TPSA) is 87.5 Å². The van der Waals surface area contributed by atoms with Gasteiger partial charge in [-0.1, -0.05) is 30.3 Å². The highest BCUT2D eigenvalue weighted by Crippen LogP contribution is 2.12. The molecule has 0 spiro atoms. The predicted molar refractivity (Wildman–Crippen MR) is 106 cm³/mol. The highest BCUT2D eigenvalue weighted by atomic mass is 16.2. The quantitative estimate of drug-likeness (QED) is 0.729. The number of anilines is 1. The van der Waals surface area contributed by atoms with Crippen LogP contribution in [0.3, 0.4) is 0 Å². The third kappa shape index (κ3) is 5.64. The smallest absolute Gasteiger partial charge is 0.251 e. The van der Waals surface area contributed by atoms with Crippen molar-refractivity contribution >= 4 is 17.5 Å². The van der Waals surface area contributed by atoms with Crippen molar-refractivity contribution in [3.05, 3.63) is 65.7 Å². The van der Waals surface area contributed by atoms with Crippen LogP contribution in [0.1, 0.15) is 28.8 Å². The molecule has 1 aliphatic rings. The fourth-order valence-electron chi connectivity index (χ4n) is 3.22. The SMILES string of the molecule is NCc1ccc(C(=O)NC2CCN(CC(=O)Nc3ccccc3)CC2)cc1. The van der Waals surface area contributed by atoms with E-state index in [2.05, 4.69) is 15.5 Å². The molecule has 6 nitrogen and oxygen atoms in total. The zero-order valence-corrected chi connectivity index (χ0v) is 15.4. The number of carbonyl (C=O) groups excluding carboxylic acids is 2. The molecule has 0 aromatic heterocycles. The van der Waals surface area contributed by atoms with Crippen LogP contribution in [0.5, 0.6) is 0 Å². The van der Waals surface area contributed by atoms with Gasteiger partial charge in [0, 0.05) is 36.9 Å². The third-order valence-corrected chi connectivity index (χ3v) is 4.80. The van der Waals surface area contributed by atoms with Crippen LogP contribution < -0.4 is 16.4 Å². The number of piperidine rings is 1. The van der Waals surface area contributed by atoms with E-state index in [0.717, 1.165) is 37.2 Å². The van der Waals surface area contributed by atoms with Gasteiger partial charge in [-0.3, -0.25) is 14.5 Å². The molecular weight excluding hydrogens is 340 g/mol. The largest absolute Gasteiger partial charge is 0.349 e. The summed E-state index contributed by atoms with van der Waals surface area (Å²) in [6.45, 7) is 2.42. The lowest BCUT2D eigenvalue weighted by atomic mass is 10.0. The third-order valence-electron chi connectivity index (χ3n) is 4.80. The van der Waals surface area contributed by atoms with Crippen molar-refractivity contribution in [2.75, 3.05) is 25.0 Å². The Kier molecular flexibility index (Phi) is 6.57. The fourth-order valence-corrected chi connectivity index (χ4v) is 3.22. The molecule has 2 aromatic carbocycles. The van der Waals surface area contributed by atoms with Crippen molar-refractivity contribution in [3.63, 3.8) is 0 Å². The number of rotatable bonds is 6. The summed E-state index contributed by atoms with van der Waals surface area (Å²) >= 11 is 0. The van der Waals surface area contributed by atoms with Crippen LogP contribution in [0.15, 0.2) is 54.6 Å². The van der Waals surface area contributed by atoms with Gasteiger partial charge in [0.25, 0.3) is 5.91 Å². The lowest BCUT2D eigenvalue weighted by Gasteiger charge is -2.31. The molecule has 1 aliphatic heterocycles. The monoisotopic (exact) mass is 366 g/mol. The molecule has 142 valence electrons. The van der Waals surface area contributed by atoms with Gasteiger partial charge in [0.05, 0.1) is 6.54 Å². The molecule has 3 rings (SSSR count). The summed E-state index contributed by atoms with van der Waals surface area (Å²) < 4.78 is 0. The summed E-state index contributed by atoms with van der Waals surface area (Å²) in [4.78, 5) is 26.6. The van der Waals surface area contributed by atoms with Crippen molar-refractivity contribution in [2.45, 2.75) is 25.4 Å². The van der Waals surface area contributed by atoms with Crippen LogP contribution >= 0.6 is 0 Å². The standard InChI is InChI=1S/C21H26N4O2/c22-14-16-6-8-17(9-7-16)21(27)24-19-10-12-25(13-11-19)15-20(26)23-18-4-2-1-3-5-18/h1-9,19H,10-15,22H2,(H,23,26)(H,24,27). The van der Waals surface area contributed by atoms with E-state index in [0.29, 0.717) is 18.7 Å². The second kappa shape index (κ2) is 9.30. The molecule has 0 unspecified atom stereocenters. The maximum Gasteiger partial charge on any atom is 0.251 e. The Morgan fingerprint density at radius 1 is 1.00 bits per heavy atom. The Bertz CT molecular complexity index is 754. The molecule has 1 heterocycles.